The van der Waals surface area contributed by atoms with Gasteiger partial charge in [0.05, 0.1) is 7.11 Å². The van der Waals surface area contributed by atoms with Gasteiger partial charge in [0.15, 0.2) is 11.6 Å². The molecule has 0 aliphatic rings. The highest BCUT2D eigenvalue weighted by atomic mass is 35.5. The molecule has 8 heteroatoms. The van der Waals surface area contributed by atoms with Gasteiger partial charge in [-0.3, -0.25) is 0 Å². The van der Waals surface area contributed by atoms with E-state index >= 15 is 0 Å². The normalized spacial score (nSPS) is 10.2. The maximum atomic E-state index is 13.3. The minimum Gasteiger partial charge on any atom is -0.467 e. The maximum absolute atomic E-state index is 13.3. The smallest absolute Gasteiger partial charge is 0.329 e. The Balaban J connectivity index is 2.34. The van der Waals surface area contributed by atoms with Crippen LogP contribution < -0.4 is 9.47 Å². The molecule has 0 radical (unpaired) electrons. The molecule has 5 nitrogen and oxygen atoms in total. The van der Waals surface area contributed by atoms with Crippen LogP contribution in [0.1, 0.15) is 0 Å². The Kier molecular flexibility index (Phi) is 3.52. The van der Waals surface area contributed by atoms with Gasteiger partial charge in [-0.15, -0.1) is 4.98 Å². The van der Waals surface area contributed by atoms with Gasteiger partial charge in [-0.1, -0.05) is 6.07 Å². The quantitative estimate of drug-likeness (QED) is 0.860. The zero-order chi connectivity index (χ0) is 13.1. The summed E-state index contributed by atoms with van der Waals surface area (Å²) in [5, 5.41) is -0.186. The number of ether oxygens (including phenoxy) is 2. The SMILES string of the molecule is COc1nc(Cl)nc(Oc2cccc(F)c2F)n1. The Morgan fingerprint density at radius 2 is 1.83 bits per heavy atom. The lowest BCUT2D eigenvalue weighted by Crippen LogP contribution is -2.00. The summed E-state index contributed by atoms with van der Waals surface area (Å²) >= 11 is 5.58. The number of methoxy groups -OCH3 is 1. The second-order valence-corrected chi connectivity index (χ2v) is 3.37. The van der Waals surface area contributed by atoms with Crippen LogP contribution in [0.25, 0.3) is 0 Å². The minimum atomic E-state index is -1.15. The van der Waals surface area contributed by atoms with Crippen molar-refractivity contribution in [3.63, 3.8) is 0 Å². The van der Waals surface area contributed by atoms with Gasteiger partial charge in [0.25, 0.3) is 0 Å². The van der Waals surface area contributed by atoms with E-state index < -0.39 is 11.6 Å². The van der Waals surface area contributed by atoms with Crippen LogP contribution in [0.2, 0.25) is 5.28 Å². The van der Waals surface area contributed by atoms with Crippen molar-refractivity contribution in [3.8, 4) is 17.8 Å². The molecular formula is C10H6ClF2N3O2. The van der Waals surface area contributed by atoms with Crippen molar-refractivity contribution in [3.05, 3.63) is 35.1 Å². The average molecular weight is 274 g/mol. The first-order chi connectivity index (χ1) is 8.60. The summed E-state index contributed by atoms with van der Waals surface area (Å²) < 4.78 is 36.0. The summed E-state index contributed by atoms with van der Waals surface area (Å²) in [5.41, 5.74) is 0. The fourth-order valence-corrected chi connectivity index (χ4v) is 1.26. The van der Waals surface area contributed by atoms with Crippen molar-refractivity contribution in [2.75, 3.05) is 7.11 Å². The molecule has 0 saturated heterocycles. The van der Waals surface area contributed by atoms with Crippen LogP contribution >= 0.6 is 11.6 Å². The second-order valence-electron chi connectivity index (χ2n) is 3.03. The number of rotatable bonds is 3. The Bertz CT molecular complexity index is 583. The maximum Gasteiger partial charge on any atom is 0.329 e. The van der Waals surface area contributed by atoms with Gasteiger partial charge in [0.2, 0.25) is 11.1 Å². The predicted molar refractivity (Wildman–Crippen MR) is 57.8 cm³/mol. The summed E-state index contributed by atoms with van der Waals surface area (Å²) in [6.45, 7) is 0. The van der Waals surface area contributed by atoms with Crippen molar-refractivity contribution in [2.45, 2.75) is 0 Å². The molecule has 2 rings (SSSR count). The Morgan fingerprint density at radius 1 is 1.11 bits per heavy atom. The van der Waals surface area contributed by atoms with Gasteiger partial charge in [-0.05, 0) is 23.7 Å². The first kappa shape index (κ1) is 12.4. The third-order valence-corrected chi connectivity index (χ3v) is 2.04. The second kappa shape index (κ2) is 5.09. The van der Waals surface area contributed by atoms with Crippen molar-refractivity contribution in [2.24, 2.45) is 0 Å². The third kappa shape index (κ3) is 2.62. The van der Waals surface area contributed by atoms with Crippen LogP contribution in [-0.2, 0) is 0 Å². The highest BCUT2D eigenvalue weighted by Crippen LogP contribution is 2.24. The molecule has 1 aromatic carbocycles. The minimum absolute atomic E-state index is 0.0955. The molecule has 0 saturated carbocycles. The zero-order valence-electron chi connectivity index (χ0n) is 9.02. The molecular weight excluding hydrogens is 268 g/mol. The van der Waals surface area contributed by atoms with Gasteiger partial charge >= 0.3 is 12.0 Å². The summed E-state index contributed by atoms with van der Waals surface area (Å²) in [7, 11) is 1.32. The molecule has 1 heterocycles. The van der Waals surface area contributed by atoms with Crippen molar-refractivity contribution in [1.29, 1.82) is 0 Å². The molecule has 0 atom stereocenters. The Hall–Kier alpha value is -2.02. The lowest BCUT2D eigenvalue weighted by atomic mass is 10.3. The van der Waals surface area contributed by atoms with E-state index in [1.807, 2.05) is 0 Å². The van der Waals surface area contributed by atoms with E-state index in [9.17, 15) is 8.78 Å². The lowest BCUT2D eigenvalue weighted by Gasteiger charge is -2.06. The highest BCUT2D eigenvalue weighted by molar-refractivity contribution is 6.28. The van der Waals surface area contributed by atoms with E-state index in [-0.39, 0.29) is 23.1 Å². The van der Waals surface area contributed by atoms with Crippen LogP contribution in [-0.4, -0.2) is 22.1 Å². The topological polar surface area (TPSA) is 57.1 Å². The van der Waals surface area contributed by atoms with Crippen LogP contribution in [0.4, 0.5) is 8.78 Å². The third-order valence-electron chi connectivity index (χ3n) is 1.87. The number of hydrogen-bond donors (Lipinski definition) is 0. The van der Waals surface area contributed by atoms with Crippen molar-refractivity contribution >= 4 is 11.6 Å². The molecule has 0 aliphatic heterocycles. The van der Waals surface area contributed by atoms with Gasteiger partial charge < -0.3 is 9.47 Å². The van der Waals surface area contributed by atoms with Crippen molar-refractivity contribution in [1.82, 2.24) is 15.0 Å². The fourth-order valence-electron chi connectivity index (χ4n) is 1.11. The largest absolute Gasteiger partial charge is 0.467 e. The van der Waals surface area contributed by atoms with E-state index in [1.54, 1.807) is 0 Å². The molecule has 0 N–H and O–H groups in total. The van der Waals surface area contributed by atoms with Crippen molar-refractivity contribution < 1.29 is 18.3 Å². The fraction of sp³-hybridized carbons (Fsp3) is 0.100. The van der Waals surface area contributed by atoms with Gasteiger partial charge in [0, 0.05) is 0 Å². The molecule has 94 valence electrons. The van der Waals surface area contributed by atoms with E-state index in [2.05, 4.69) is 15.0 Å². The molecule has 2 aromatic rings. The summed E-state index contributed by atoms with van der Waals surface area (Å²) in [4.78, 5) is 10.9. The monoisotopic (exact) mass is 273 g/mol. The molecule has 0 unspecified atom stereocenters. The van der Waals surface area contributed by atoms with Crippen LogP contribution in [0.3, 0.4) is 0 Å². The predicted octanol–water partition coefficient (Wildman–Crippen LogP) is 2.60. The number of nitrogens with zero attached hydrogens (tertiary/aromatic N) is 3. The molecule has 0 fully saturated rings. The molecule has 0 aliphatic carbocycles. The zero-order valence-corrected chi connectivity index (χ0v) is 9.78. The van der Waals surface area contributed by atoms with Crippen LogP contribution in [0, 0.1) is 11.6 Å². The standard InChI is InChI=1S/C10H6ClF2N3O2/c1-17-9-14-8(11)15-10(16-9)18-6-4-2-3-5(12)7(6)13/h2-4H,1H3. The molecule has 0 spiro atoms. The highest BCUT2D eigenvalue weighted by Gasteiger charge is 2.13. The van der Waals surface area contributed by atoms with Crippen LogP contribution in [0.5, 0.6) is 17.8 Å². The average Bonchev–Trinajstić information content (AvgIpc) is 2.34. The number of hydrogen-bond acceptors (Lipinski definition) is 5. The lowest BCUT2D eigenvalue weighted by molar-refractivity contribution is 0.350. The summed E-state index contributed by atoms with van der Waals surface area (Å²) in [6, 6.07) is 3.08. The van der Waals surface area contributed by atoms with Gasteiger partial charge in [-0.25, -0.2) is 4.39 Å². The Morgan fingerprint density at radius 3 is 2.56 bits per heavy atom. The number of benzene rings is 1. The molecule has 0 amide bonds. The first-order valence-electron chi connectivity index (χ1n) is 4.67. The number of halogens is 3. The van der Waals surface area contributed by atoms with E-state index in [4.69, 9.17) is 21.1 Å². The molecule has 0 bridgehead atoms. The van der Waals surface area contributed by atoms with Gasteiger partial charge in [-0.2, -0.15) is 14.4 Å². The Labute approximate surface area is 105 Å². The van der Waals surface area contributed by atoms with Gasteiger partial charge in [0.1, 0.15) is 0 Å². The summed E-state index contributed by atoms with van der Waals surface area (Å²) in [5.74, 6) is -2.55. The van der Waals surface area contributed by atoms with E-state index in [1.165, 1.54) is 19.2 Å². The first-order valence-corrected chi connectivity index (χ1v) is 5.05. The summed E-state index contributed by atoms with van der Waals surface area (Å²) in [6.07, 6.45) is 0. The van der Waals surface area contributed by atoms with E-state index in [0.717, 1.165) is 6.07 Å². The number of aromatic nitrogens is 3. The molecule has 18 heavy (non-hydrogen) atoms. The van der Waals surface area contributed by atoms with Crippen LogP contribution in [0.15, 0.2) is 18.2 Å². The molecule has 1 aromatic heterocycles. The van der Waals surface area contributed by atoms with E-state index in [0.29, 0.717) is 0 Å².